The molecule has 0 radical (unpaired) electrons. The van der Waals surface area contributed by atoms with Gasteiger partial charge in [-0.05, 0) is 122 Å². The molecule has 42 heavy (non-hydrogen) atoms. The van der Waals surface area contributed by atoms with E-state index >= 15 is 0 Å². The maximum absolute atomic E-state index is 13.1. The molecule has 0 aliphatic carbocycles. The van der Waals surface area contributed by atoms with E-state index in [1.54, 1.807) is 12.1 Å². The SMILES string of the molecule is Cc1ccc(NC(=O)CN2C(=O)S/C(=C/c3cc(C)n(-c4ccc(OCc5ccc(Br)cc5)cc4)c3C)C2=O)cc1C. The van der Waals surface area contributed by atoms with Crippen LogP contribution in [-0.4, -0.2) is 33.1 Å². The predicted octanol–water partition coefficient (Wildman–Crippen LogP) is 7.73. The van der Waals surface area contributed by atoms with Gasteiger partial charge in [0.05, 0.1) is 4.91 Å². The lowest BCUT2D eigenvalue weighted by Crippen LogP contribution is -2.36. The summed E-state index contributed by atoms with van der Waals surface area (Å²) in [6, 6.07) is 23.4. The van der Waals surface area contributed by atoms with Crippen LogP contribution >= 0.6 is 27.7 Å². The van der Waals surface area contributed by atoms with E-state index in [0.29, 0.717) is 12.3 Å². The predicted molar refractivity (Wildman–Crippen MR) is 171 cm³/mol. The summed E-state index contributed by atoms with van der Waals surface area (Å²) in [6.45, 7) is 8.04. The molecule has 1 saturated heterocycles. The van der Waals surface area contributed by atoms with E-state index in [9.17, 15) is 14.4 Å². The number of hydrogen-bond donors (Lipinski definition) is 1. The van der Waals surface area contributed by atoms with Crippen LogP contribution in [0, 0.1) is 27.7 Å². The van der Waals surface area contributed by atoms with Crippen LogP contribution in [0.4, 0.5) is 10.5 Å². The lowest BCUT2D eigenvalue weighted by atomic mass is 10.1. The minimum Gasteiger partial charge on any atom is -0.489 e. The molecule has 0 saturated carbocycles. The van der Waals surface area contributed by atoms with Crippen LogP contribution in [0.1, 0.15) is 33.6 Å². The molecule has 1 aliphatic rings. The van der Waals surface area contributed by atoms with Crippen molar-refractivity contribution in [1.82, 2.24) is 9.47 Å². The molecule has 2 heterocycles. The van der Waals surface area contributed by atoms with Crippen molar-refractivity contribution in [2.75, 3.05) is 11.9 Å². The zero-order valence-corrected chi connectivity index (χ0v) is 26.1. The third kappa shape index (κ3) is 6.53. The number of aromatic nitrogens is 1. The number of nitrogens with zero attached hydrogens (tertiary/aromatic N) is 2. The fourth-order valence-electron chi connectivity index (χ4n) is 4.71. The van der Waals surface area contributed by atoms with Crippen molar-refractivity contribution in [3.8, 4) is 11.4 Å². The Morgan fingerprint density at radius 2 is 1.64 bits per heavy atom. The second-order valence-electron chi connectivity index (χ2n) is 10.2. The monoisotopic (exact) mass is 643 g/mol. The molecule has 1 aliphatic heterocycles. The normalized spacial score (nSPS) is 14.1. The molecule has 5 rings (SSSR count). The molecule has 4 aromatic rings. The fourth-order valence-corrected chi connectivity index (χ4v) is 5.80. The highest BCUT2D eigenvalue weighted by molar-refractivity contribution is 9.10. The smallest absolute Gasteiger partial charge is 0.294 e. The molecule has 0 unspecified atom stereocenters. The topological polar surface area (TPSA) is 80.6 Å². The maximum atomic E-state index is 13.1. The summed E-state index contributed by atoms with van der Waals surface area (Å²) in [4.78, 5) is 39.7. The Morgan fingerprint density at radius 1 is 0.929 bits per heavy atom. The molecule has 214 valence electrons. The summed E-state index contributed by atoms with van der Waals surface area (Å²) in [7, 11) is 0. The molecule has 0 atom stereocenters. The van der Waals surface area contributed by atoms with Gasteiger partial charge in [-0.2, -0.15) is 0 Å². The number of thioether (sulfide) groups is 1. The largest absolute Gasteiger partial charge is 0.489 e. The lowest BCUT2D eigenvalue weighted by molar-refractivity contribution is -0.127. The lowest BCUT2D eigenvalue weighted by Gasteiger charge is -2.13. The Hall–Kier alpha value is -4.08. The van der Waals surface area contributed by atoms with Crippen LogP contribution in [0.3, 0.4) is 0 Å². The number of anilines is 1. The number of hydrogen-bond acceptors (Lipinski definition) is 5. The Bertz CT molecular complexity index is 1710. The number of nitrogens with one attached hydrogen (secondary N) is 1. The highest BCUT2D eigenvalue weighted by Crippen LogP contribution is 2.34. The van der Waals surface area contributed by atoms with E-state index in [1.165, 1.54) is 0 Å². The molecule has 3 amide bonds. The molecule has 3 aromatic carbocycles. The first-order valence-corrected chi connectivity index (χ1v) is 15.0. The molecule has 1 fully saturated rings. The molecule has 1 N–H and O–H groups in total. The van der Waals surface area contributed by atoms with E-state index in [2.05, 4.69) is 25.8 Å². The average molecular weight is 645 g/mol. The third-order valence-electron chi connectivity index (χ3n) is 7.14. The average Bonchev–Trinajstić information content (AvgIpc) is 3.39. The number of carbonyl (C=O) groups excluding carboxylic acids is 3. The van der Waals surface area contributed by atoms with E-state index in [4.69, 9.17) is 4.74 Å². The standard InChI is InChI=1S/C33H30BrN3O4S/c1-20-5-10-27(15-21(20)2)35-31(38)18-36-32(39)30(42-33(36)40)17-25-16-22(3)37(23(25)4)28-11-13-29(14-12-28)41-19-24-6-8-26(34)9-7-24/h5-17H,18-19H2,1-4H3,(H,35,38)/b30-17+. The number of benzene rings is 3. The van der Waals surface area contributed by atoms with Crippen LogP contribution in [0.25, 0.3) is 11.8 Å². The molecule has 7 nitrogen and oxygen atoms in total. The van der Waals surface area contributed by atoms with Gasteiger partial charge in [0, 0.05) is 27.2 Å². The van der Waals surface area contributed by atoms with Gasteiger partial charge in [-0.25, -0.2) is 0 Å². The summed E-state index contributed by atoms with van der Waals surface area (Å²) in [5, 5.41) is 2.31. The number of rotatable bonds is 8. The zero-order valence-electron chi connectivity index (χ0n) is 23.7. The van der Waals surface area contributed by atoms with Crippen LogP contribution < -0.4 is 10.1 Å². The van der Waals surface area contributed by atoms with Gasteiger partial charge in [0.25, 0.3) is 11.1 Å². The van der Waals surface area contributed by atoms with Crippen molar-refractivity contribution in [3.63, 3.8) is 0 Å². The van der Waals surface area contributed by atoms with Crippen LogP contribution in [0.2, 0.25) is 0 Å². The van der Waals surface area contributed by atoms with Gasteiger partial charge in [0.1, 0.15) is 18.9 Å². The number of amides is 3. The first-order chi connectivity index (χ1) is 20.1. The summed E-state index contributed by atoms with van der Waals surface area (Å²) in [5.41, 5.74) is 7.55. The van der Waals surface area contributed by atoms with E-state index in [0.717, 1.165) is 66.2 Å². The summed E-state index contributed by atoms with van der Waals surface area (Å²) < 4.78 is 9.06. The summed E-state index contributed by atoms with van der Waals surface area (Å²) >= 11 is 4.29. The third-order valence-corrected chi connectivity index (χ3v) is 8.57. The molecule has 9 heteroatoms. The maximum Gasteiger partial charge on any atom is 0.294 e. The number of ether oxygens (including phenoxy) is 1. The number of halogens is 1. The van der Waals surface area contributed by atoms with Gasteiger partial charge in [0.2, 0.25) is 5.91 Å². The van der Waals surface area contributed by atoms with Crippen LogP contribution in [-0.2, 0) is 16.2 Å². The van der Waals surface area contributed by atoms with Crippen molar-refractivity contribution in [3.05, 3.63) is 116 Å². The molecule has 1 aromatic heterocycles. The van der Waals surface area contributed by atoms with E-state index in [1.807, 2.05) is 94.4 Å². The van der Waals surface area contributed by atoms with Crippen molar-refractivity contribution < 1.29 is 19.1 Å². The zero-order chi connectivity index (χ0) is 30.0. The Labute approximate surface area is 257 Å². The molecular formula is C33H30BrN3O4S. The Morgan fingerprint density at radius 3 is 2.33 bits per heavy atom. The van der Waals surface area contributed by atoms with Crippen molar-refractivity contribution in [1.29, 1.82) is 0 Å². The minimum atomic E-state index is -0.475. The van der Waals surface area contributed by atoms with Gasteiger partial charge >= 0.3 is 0 Å². The van der Waals surface area contributed by atoms with Gasteiger partial charge in [-0.3, -0.25) is 19.3 Å². The van der Waals surface area contributed by atoms with Crippen LogP contribution in [0.15, 0.2) is 82.2 Å². The second kappa shape index (κ2) is 12.4. The van der Waals surface area contributed by atoms with Crippen molar-refractivity contribution >= 4 is 56.5 Å². The second-order valence-corrected chi connectivity index (χ2v) is 12.1. The van der Waals surface area contributed by atoms with Crippen molar-refractivity contribution in [2.24, 2.45) is 0 Å². The summed E-state index contributed by atoms with van der Waals surface area (Å²) in [5.74, 6) is -0.138. The van der Waals surface area contributed by atoms with Gasteiger partial charge in [-0.15, -0.1) is 0 Å². The van der Waals surface area contributed by atoms with E-state index < -0.39 is 17.1 Å². The fraction of sp³-hybridized carbons (Fsp3) is 0.182. The molecule has 0 spiro atoms. The highest BCUT2D eigenvalue weighted by atomic mass is 79.9. The highest BCUT2D eigenvalue weighted by Gasteiger charge is 2.36. The Kier molecular flexibility index (Phi) is 8.70. The van der Waals surface area contributed by atoms with Gasteiger partial charge in [-0.1, -0.05) is 34.1 Å². The van der Waals surface area contributed by atoms with E-state index in [-0.39, 0.29) is 11.4 Å². The molecular weight excluding hydrogens is 614 g/mol. The summed E-state index contributed by atoms with van der Waals surface area (Å²) in [6.07, 6.45) is 1.72. The first-order valence-electron chi connectivity index (χ1n) is 13.4. The minimum absolute atomic E-state index is 0.288. The van der Waals surface area contributed by atoms with Crippen LogP contribution in [0.5, 0.6) is 5.75 Å². The van der Waals surface area contributed by atoms with Gasteiger partial charge < -0.3 is 14.6 Å². The molecule has 0 bridgehead atoms. The first kappa shape index (κ1) is 29.4. The number of aryl methyl sites for hydroxylation is 3. The Balaban J connectivity index is 1.26. The van der Waals surface area contributed by atoms with Crippen molar-refractivity contribution in [2.45, 2.75) is 34.3 Å². The quantitative estimate of drug-likeness (QED) is 0.199. The van der Waals surface area contributed by atoms with Gasteiger partial charge in [0.15, 0.2) is 0 Å². The number of imide groups is 1. The number of carbonyl (C=O) groups is 3.